The minimum absolute atomic E-state index is 0.206. The lowest BCUT2D eigenvalue weighted by molar-refractivity contribution is 0.265. The van der Waals surface area contributed by atoms with Gasteiger partial charge in [0.25, 0.3) is 5.90 Å². The molecule has 0 bridgehead atoms. The first-order valence-electron chi connectivity index (χ1n) is 2.73. The number of ether oxygens (including phenoxy) is 1. The Morgan fingerprint density at radius 2 is 2.33 bits per heavy atom. The maximum absolute atomic E-state index is 8.23. The van der Waals surface area contributed by atoms with Gasteiger partial charge in [0.1, 0.15) is 0 Å². The van der Waals surface area contributed by atoms with Crippen molar-refractivity contribution in [3.8, 4) is 0 Å². The average Bonchev–Trinajstić information content (AvgIpc) is 1.82. The molecule has 0 amide bonds. The van der Waals surface area contributed by atoms with Crippen molar-refractivity contribution in [2.45, 2.75) is 13.8 Å². The van der Waals surface area contributed by atoms with Crippen LogP contribution in [0.2, 0.25) is 0 Å². The Labute approximate surface area is 54.6 Å². The monoisotopic (exact) mass is 129 g/mol. The highest BCUT2D eigenvalue weighted by Crippen LogP contribution is 1.93. The van der Waals surface area contributed by atoms with Crippen LogP contribution in [0.3, 0.4) is 0 Å². The fraction of sp³-hybridized carbons (Fsp3) is 0.500. The summed E-state index contributed by atoms with van der Waals surface area (Å²) in [6, 6.07) is 0. The molecule has 0 unspecified atom stereocenters. The fourth-order valence-electron chi connectivity index (χ4n) is 0.374. The molecular weight excluding hydrogens is 118 g/mol. The summed E-state index contributed by atoms with van der Waals surface area (Å²) >= 11 is 0. The van der Waals surface area contributed by atoms with Crippen molar-refractivity contribution in [2.75, 3.05) is 6.61 Å². The van der Waals surface area contributed by atoms with Gasteiger partial charge in [-0.1, -0.05) is 6.58 Å². The third kappa shape index (κ3) is 2.74. The van der Waals surface area contributed by atoms with E-state index in [0.717, 1.165) is 0 Å². The van der Waals surface area contributed by atoms with Gasteiger partial charge >= 0.3 is 0 Å². The molecule has 0 aromatic carbocycles. The Balaban J connectivity index is 3.85. The zero-order chi connectivity index (χ0) is 7.28. The van der Waals surface area contributed by atoms with E-state index in [2.05, 4.69) is 11.7 Å². The third-order valence-corrected chi connectivity index (χ3v) is 0.737. The molecule has 0 fully saturated rings. The lowest BCUT2D eigenvalue weighted by atomic mass is 10.3. The standard InChI is InChI=1S/C6H11NO2/c1-4-9-6(7-8)5(2)3/h8H,2,4H2,1,3H3. The van der Waals surface area contributed by atoms with Crippen LogP contribution in [0.1, 0.15) is 13.8 Å². The first kappa shape index (κ1) is 8.01. The van der Waals surface area contributed by atoms with Crippen molar-refractivity contribution < 1.29 is 9.94 Å². The Bertz CT molecular complexity index is 129. The molecule has 0 aliphatic heterocycles. The zero-order valence-electron chi connectivity index (χ0n) is 5.72. The van der Waals surface area contributed by atoms with Gasteiger partial charge in [-0.15, -0.1) is 0 Å². The Kier molecular flexibility index (Phi) is 3.51. The summed E-state index contributed by atoms with van der Waals surface area (Å²) in [5.41, 5.74) is 0.624. The minimum atomic E-state index is 0.206. The molecule has 0 atom stereocenters. The molecule has 0 aromatic heterocycles. The number of hydrogen-bond acceptors (Lipinski definition) is 3. The molecule has 0 heterocycles. The van der Waals surface area contributed by atoms with Gasteiger partial charge in [0.2, 0.25) is 0 Å². The second kappa shape index (κ2) is 3.95. The summed E-state index contributed by atoms with van der Waals surface area (Å²) in [7, 11) is 0. The van der Waals surface area contributed by atoms with Crippen LogP contribution in [-0.4, -0.2) is 17.7 Å². The first-order valence-corrected chi connectivity index (χ1v) is 2.73. The molecule has 0 aliphatic rings. The van der Waals surface area contributed by atoms with E-state index in [1.807, 2.05) is 6.92 Å². The van der Waals surface area contributed by atoms with E-state index in [1.54, 1.807) is 6.92 Å². The molecule has 52 valence electrons. The van der Waals surface area contributed by atoms with Crippen LogP contribution in [0.4, 0.5) is 0 Å². The molecule has 0 saturated carbocycles. The van der Waals surface area contributed by atoms with Crippen LogP contribution in [0, 0.1) is 0 Å². The lowest BCUT2D eigenvalue weighted by Crippen LogP contribution is -2.04. The van der Waals surface area contributed by atoms with Gasteiger partial charge < -0.3 is 9.94 Å². The van der Waals surface area contributed by atoms with Gasteiger partial charge in [0.15, 0.2) is 0 Å². The van der Waals surface area contributed by atoms with Crippen LogP contribution in [0.5, 0.6) is 0 Å². The van der Waals surface area contributed by atoms with E-state index in [1.165, 1.54) is 0 Å². The van der Waals surface area contributed by atoms with Crippen LogP contribution >= 0.6 is 0 Å². The van der Waals surface area contributed by atoms with E-state index in [9.17, 15) is 0 Å². The summed E-state index contributed by atoms with van der Waals surface area (Å²) < 4.78 is 4.85. The number of oxime groups is 1. The van der Waals surface area contributed by atoms with E-state index >= 15 is 0 Å². The predicted molar refractivity (Wildman–Crippen MR) is 35.7 cm³/mol. The van der Waals surface area contributed by atoms with Crippen molar-refractivity contribution in [1.82, 2.24) is 0 Å². The van der Waals surface area contributed by atoms with Crippen molar-refractivity contribution in [3.63, 3.8) is 0 Å². The summed E-state index contributed by atoms with van der Waals surface area (Å²) in [5, 5.41) is 11.1. The minimum Gasteiger partial charge on any atom is -0.476 e. The van der Waals surface area contributed by atoms with Gasteiger partial charge in [0.05, 0.1) is 6.61 Å². The number of nitrogens with zero attached hydrogens (tertiary/aromatic N) is 1. The Morgan fingerprint density at radius 3 is 2.44 bits per heavy atom. The highest BCUT2D eigenvalue weighted by atomic mass is 16.5. The van der Waals surface area contributed by atoms with Gasteiger partial charge in [0, 0.05) is 5.57 Å². The molecule has 0 spiro atoms. The fourth-order valence-corrected chi connectivity index (χ4v) is 0.374. The molecular formula is C6H11NO2. The maximum Gasteiger partial charge on any atom is 0.252 e. The summed E-state index contributed by atoms with van der Waals surface area (Å²) in [6.07, 6.45) is 0. The smallest absolute Gasteiger partial charge is 0.252 e. The van der Waals surface area contributed by atoms with Gasteiger partial charge in [-0.05, 0) is 19.0 Å². The predicted octanol–water partition coefficient (Wildman–Crippen LogP) is 1.39. The number of rotatable bonds is 2. The van der Waals surface area contributed by atoms with E-state index in [-0.39, 0.29) is 5.90 Å². The lowest BCUT2D eigenvalue weighted by Gasteiger charge is -2.01. The zero-order valence-corrected chi connectivity index (χ0v) is 5.72. The Morgan fingerprint density at radius 1 is 1.78 bits per heavy atom. The maximum atomic E-state index is 8.23. The van der Waals surface area contributed by atoms with Crippen LogP contribution in [-0.2, 0) is 4.74 Å². The molecule has 3 heteroatoms. The van der Waals surface area contributed by atoms with Crippen molar-refractivity contribution >= 4 is 5.90 Å². The summed E-state index contributed by atoms with van der Waals surface area (Å²) in [5.74, 6) is 0.206. The topological polar surface area (TPSA) is 41.8 Å². The molecule has 0 aromatic rings. The van der Waals surface area contributed by atoms with E-state index in [0.29, 0.717) is 12.2 Å². The quantitative estimate of drug-likeness (QED) is 0.265. The number of hydrogen-bond donors (Lipinski definition) is 1. The van der Waals surface area contributed by atoms with Gasteiger partial charge in [-0.25, -0.2) is 0 Å². The molecule has 3 nitrogen and oxygen atoms in total. The summed E-state index contributed by atoms with van der Waals surface area (Å²) in [6.45, 7) is 7.55. The van der Waals surface area contributed by atoms with Crippen LogP contribution < -0.4 is 0 Å². The van der Waals surface area contributed by atoms with Gasteiger partial charge in [-0.2, -0.15) is 0 Å². The van der Waals surface area contributed by atoms with Crippen LogP contribution in [0.15, 0.2) is 17.3 Å². The SMILES string of the molecule is C=C(C)C(=NO)OCC. The normalized spacial score (nSPS) is 11.1. The van der Waals surface area contributed by atoms with E-state index < -0.39 is 0 Å². The average molecular weight is 129 g/mol. The van der Waals surface area contributed by atoms with Crippen molar-refractivity contribution in [1.29, 1.82) is 0 Å². The second-order valence-electron chi connectivity index (χ2n) is 1.62. The third-order valence-electron chi connectivity index (χ3n) is 0.737. The molecule has 0 rings (SSSR count). The Hall–Kier alpha value is -0.990. The molecule has 0 aliphatic carbocycles. The highest BCUT2D eigenvalue weighted by Gasteiger charge is 1.97. The second-order valence-corrected chi connectivity index (χ2v) is 1.62. The van der Waals surface area contributed by atoms with E-state index in [4.69, 9.17) is 9.94 Å². The van der Waals surface area contributed by atoms with Crippen molar-refractivity contribution in [2.24, 2.45) is 5.16 Å². The molecule has 9 heavy (non-hydrogen) atoms. The molecule has 0 saturated heterocycles. The van der Waals surface area contributed by atoms with Crippen LogP contribution in [0.25, 0.3) is 0 Å². The largest absolute Gasteiger partial charge is 0.476 e. The summed E-state index contributed by atoms with van der Waals surface area (Å²) in [4.78, 5) is 0. The first-order chi connectivity index (χ1) is 4.22. The molecule has 0 radical (unpaired) electrons. The van der Waals surface area contributed by atoms with Crippen molar-refractivity contribution in [3.05, 3.63) is 12.2 Å². The van der Waals surface area contributed by atoms with Gasteiger partial charge in [-0.3, -0.25) is 0 Å². The highest BCUT2D eigenvalue weighted by molar-refractivity contribution is 5.91. The molecule has 1 N–H and O–H groups in total.